The molecule has 4 rings (SSSR count). The molecular formula is C28H31N2O3. The van der Waals surface area contributed by atoms with Gasteiger partial charge in [-0.15, -0.1) is 0 Å². The molecule has 171 valence electrons. The van der Waals surface area contributed by atoms with E-state index in [0.29, 0.717) is 17.2 Å². The van der Waals surface area contributed by atoms with E-state index in [4.69, 9.17) is 14.2 Å². The van der Waals surface area contributed by atoms with Gasteiger partial charge < -0.3 is 18.8 Å². The summed E-state index contributed by atoms with van der Waals surface area (Å²) in [6, 6.07) is 22.4. The molecule has 0 aliphatic heterocycles. The molecule has 0 saturated heterocycles. The molecule has 1 heterocycles. The lowest BCUT2D eigenvalue weighted by Gasteiger charge is -2.19. The SMILES string of the molecule is COc1c(CCCc2ccccc2)[c]c(CCCn2cnc3ccccc32)c(OC)c1OC. The van der Waals surface area contributed by atoms with Crippen LogP contribution in [0.2, 0.25) is 0 Å². The van der Waals surface area contributed by atoms with Gasteiger partial charge in [-0.1, -0.05) is 42.5 Å². The average Bonchev–Trinajstić information content (AvgIpc) is 3.27. The highest BCUT2D eigenvalue weighted by atomic mass is 16.5. The van der Waals surface area contributed by atoms with E-state index in [1.807, 2.05) is 30.6 Å². The Hall–Kier alpha value is -3.47. The lowest BCUT2D eigenvalue weighted by Crippen LogP contribution is -2.05. The van der Waals surface area contributed by atoms with Crippen molar-refractivity contribution in [2.24, 2.45) is 0 Å². The van der Waals surface area contributed by atoms with Crippen LogP contribution in [0.15, 0.2) is 60.9 Å². The molecule has 0 N–H and O–H groups in total. The van der Waals surface area contributed by atoms with Crippen molar-refractivity contribution in [3.05, 3.63) is 83.7 Å². The summed E-state index contributed by atoms with van der Waals surface area (Å²) in [5.74, 6) is 2.07. The predicted octanol–water partition coefficient (Wildman–Crippen LogP) is 5.67. The van der Waals surface area contributed by atoms with Crippen LogP contribution in [0.4, 0.5) is 0 Å². The molecule has 4 aromatic rings. The zero-order chi connectivity index (χ0) is 23.0. The first kappa shape index (κ1) is 22.7. The first-order chi connectivity index (χ1) is 16.2. The zero-order valence-corrected chi connectivity index (χ0v) is 19.6. The van der Waals surface area contributed by atoms with E-state index in [1.165, 1.54) is 5.56 Å². The number of methoxy groups -OCH3 is 3. The maximum atomic E-state index is 5.74. The second-order valence-electron chi connectivity index (χ2n) is 8.05. The van der Waals surface area contributed by atoms with Crippen molar-refractivity contribution in [3.8, 4) is 17.2 Å². The number of rotatable bonds is 11. The Kier molecular flexibility index (Phi) is 7.51. The van der Waals surface area contributed by atoms with Crippen LogP contribution in [0.5, 0.6) is 17.2 Å². The second kappa shape index (κ2) is 10.9. The summed E-state index contributed by atoms with van der Waals surface area (Å²) in [5.41, 5.74) is 5.57. The molecule has 3 aromatic carbocycles. The third kappa shape index (κ3) is 5.14. The number of fused-ring (bicyclic) bond motifs is 1. The number of imidazole rings is 1. The van der Waals surface area contributed by atoms with E-state index in [-0.39, 0.29) is 0 Å². The Morgan fingerprint density at radius 3 is 2.06 bits per heavy atom. The van der Waals surface area contributed by atoms with Crippen molar-refractivity contribution in [1.82, 2.24) is 9.55 Å². The van der Waals surface area contributed by atoms with Gasteiger partial charge in [-0.25, -0.2) is 4.98 Å². The lowest BCUT2D eigenvalue weighted by atomic mass is 9.98. The van der Waals surface area contributed by atoms with Crippen molar-refractivity contribution < 1.29 is 14.2 Å². The molecule has 5 nitrogen and oxygen atoms in total. The number of benzene rings is 3. The number of aryl methyl sites for hydroxylation is 4. The third-order valence-electron chi connectivity index (χ3n) is 5.96. The van der Waals surface area contributed by atoms with Crippen molar-refractivity contribution in [1.29, 1.82) is 0 Å². The third-order valence-corrected chi connectivity index (χ3v) is 5.96. The van der Waals surface area contributed by atoms with Gasteiger partial charge in [0.1, 0.15) is 0 Å². The molecule has 0 aliphatic carbocycles. The van der Waals surface area contributed by atoms with E-state index >= 15 is 0 Å². The normalized spacial score (nSPS) is 11.0. The number of para-hydroxylation sites is 2. The molecule has 5 heteroatoms. The van der Waals surface area contributed by atoms with Gasteiger partial charge in [0.2, 0.25) is 5.75 Å². The summed E-state index contributed by atoms with van der Waals surface area (Å²) < 4.78 is 19.4. The minimum Gasteiger partial charge on any atom is -0.492 e. The Morgan fingerprint density at radius 2 is 1.36 bits per heavy atom. The Balaban J connectivity index is 1.52. The van der Waals surface area contributed by atoms with Crippen LogP contribution in [0.25, 0.3) is 11.0 Å². The highest BCUT2D eigenvalue weighted by Crippen LogP contribution is 2.43. The smallest absolute Gasteiger partial charge is 0.203 e. The fraction of sp³-hybridized carbons (Fsp3) is 0.321. The van der Waals surface area contributed by atoms with E-state index in [0.717, 1.165) is 60.8 Å². The molecule has 0 fully saturated rings. The molecule has 0 aliphatic rings. The Labute approximate surface area is 195 Å². The minimum absolute atomic E-state index is 0.650. The minimum atomic E-state index is 0.650. The van der Waals surface area contributed by atoms with Gasteiger partial charge >= 0.3 is 0 Å². The van der Waals surface area contributed by atoms with Gasteiger partial charge in [0.25, 0.3) is 0 Å². The maximum absolute atomic E-state index is 5.74. The van der Waals surface area contributed by atoms with Crippen LogP contribution >= 0.6 is 0 Å². The number of hydrogen-bond acceptors (Lipinski definition) is 4. The highest BCUT2D eigenvalue weighted by Gasteiger charge is 2.21. The van der Waals surface area contributed by atoms with Crippen molar-refractivity contribution in [2.45, 2.75) is 38.6 Å². The van der Waals surface area contributed by atoms with Gasteiger partial charge in [-0.3, -0.25) is 0 Å². The van der Waals surface area contributed by atoms with E-state index in [1.54, 1.807) is 21.3 Å². The molecule has 0 amide bonds. The topological polar surface area (TPSA) is 45.5 Å². The summed E-state index contributed by atoms with van der Waals surface area (Å²) in [6.07, 6.45) is 6.54. The van der Waals surface area contributed by atoms with Crippen LogP contribution < -0.4 is 14.2 Å². The highest BCUT2D eigenvalue weighted by molar-refractivity contribution is 5.74. The van der Waals surface area contributed by atoms with Gasteiger partial charge in [-0.2, -0.15) is 0 Å². The molecule has 1 aromatic heterocycles. The molecule has 33 heavy (non-hydrogen) atoms. The monoisotopic (exact) mass is 443 g/mol. The van der Waals surface area contributed by atoms with Crippen molar-refractivity contribution >= 4 is 11.0 Å². The number of ether oxygens (including phenoxy) is 3. The van der Waals surface area contributed by atoms with Crippen LogP contribution in [0.3, 0.4) is 0 Å². The molecule has 0 spiro atoms. The van der Waals surface area contributed by atoms with Gasteiger partial charge in [0.15, 0.2) is 11.5 Å². The van der Waals surface area contributed by atoms with Gasteiger partial charge in [-0.05, 0) is 55.9 Å². The van der Waals surface area contributed by atoms with E-state index in [2.05, 4.69) is 45.9 Å². The standard InChI is InChI=1S/C28H31N2O3/c1-31-26-22(14-9-13-21-11-5-4-6-12-21)19-23(27(32-2)28(26)33-3)15-10-18-30-20-29-24-16-7-8-17-25(24)30/h4-8,11-12,16-17,20H,9-10,13-15,18H2,1-3H3. The number of aromatic nitrogens is 2. The van der Waals surface area contributed by atoms with Crippen LogP contribution in [0.1, 0.15) is 29.5 Å². The molecule has 0 bridgehead atoms. The number of hydrogen-bond donors (Lipinski definition) is 0. The second-order valence-corrected chi connectivity index (χ2v) is 8.05. The quantitative estimate of drug-likeness (QED) is 0.300. The lowest BCUT2D eigenvalue weighted by molar-refractivity contribution is 0.319. The summed E-state index contributed by atoms with van der Waals surface area (Å²) in [5, 5.41) is 0. The Morgan fingerprint density at radius 1 is 0.727 bits per heavy atom. The molecular weight excluding hydrogens is 412 g/mol. The first-order valence-electron chi connectivity index (χ1n) is 11.4. The van der Waals surface area contributed by atoms with Crippen molar-refractivity contribution in [3.63, 3.8) is 0 Å². The Bertz CT molecular complexity index is 1180. The molecule has 1 radical (unpaired) electrons. The van der Waals surface area contributed by atoms with Gasteiger partial charge in [0, 0.05) is 17.7 Å². The zero-order valence-electron chi connectivity index (χ0n) is 19.6. The molecule has 0 atom stereocenters. The predicted molar refractivity (Wildman–Crippen MR) is 131 cm³/mol. The summed E-state index contributed by atoms with van der Waals surface area (Å²) >= 11 is 0. The van der Waals surface area contributed by atoms with Crippen LogP contribution in [-0.4, -0.2) is 30.9 Å². The largest absolute Gasteiger partial charge is 0.492 e. The van der Waals surface area contributed by atoms with E-state index in [9.17, 15) is 0 Å². The summed E-state index contributed by atoms with van der Waals surface area (Å²) in [7, 11) is 5.01. The summed E-state index contributed by atoms with van der Waals surface area (Å²) in [4.78, 5) is 4.49. The first-order valence-corrected chi connectivity index (χ1v) is 11.4. The fourth-order valence-corrected chi connectivity index (χ4v) is 4.37. The number of nitrogens with zero attached hydrogens (tertiary/aromatic N) is 2. The van der Waals surface area contributed by atoms with Gasteiger partial charge in [0.05, 0.1) is 38.7 Å². The van der Waals surface area contributed by atoms with Crippen LogP contribution in [-0.2, 0) is 25.8 Å². The van der Waals surface area contributed by atoms with Crippen LogP contribution in [0, 0.1) is 6.07 Å². The van der Waals surface area contributed by atoms with E-state index < -0.39 is 0 Å². The average molecular weight is 444 g/mol. The van der Waals surface area contributed by atoms with Crippen molar-refractivity contribution in [2.75, 3.05) is 21.3 Å². The molecule has 0 unspecified atom stereocenters. The fourth-order valence-electron chi connectivity index (χ4n) is 4.37. The summed E-state index contributed by atoms with van der Waals surface area (Å²) in [6.45, 7) is 0.870. The maximum Gasteiger partial charge on any atom is 0.203 e. The molecule has 0 saturated carbocycles.